The summed E-state index contributed by atoms with van der Waals surface area (Å²) in [5.41, 5.74) is 4.44. The summed E-state index contributed by atoms with van der Waals surface area (Å²) in [5.74, 6) is 1.29. The van der Waals surface area contributed by atoms with Gasteiger partial charge in [0.05, 0.1) is 32.5 Å². The van der Waals surface area contributed by atoms with Gasteiger partial charge in [0.15, 0.2) is 6.61 Å². The lowest BCUT2D eigenvalue weighted by molar-refractivity contribution is -0.144. The van der Waals surface area contributed by atoms with Gasteiger partial charge >= 0.3 is 5.97 Å². The average Bonchev–Trinajstić information content (AvgIpc) is 3.39. The number of carbonyl (C=O) groups is 1. The van der Waals surface area contributed by atoms with Crippen molar-refractivity contribution in [2.45, 2.75) is 26.9 Å². The molecule has 31 heavy (non-hydrogen) atoms. The first-order valence-corrected chi connectivity index (χ1v) is 9.66. The molecule has 0 aliphatic carbocycles. The molecule has 2 heterocycles. The van der Waals surface area contributed by atoms with Crippen LogP contribution in [-0.2, 0) is 22.6 Å². The molecule has 0 unspecified atom stereocenters. The highest BCUT2D eigenvalue weighted by Gasteiger charge is 2.17. The maximum atomic E-state index is 12.3. The van der Waals surface area contributed by atoms with Gasteiger partial charge in [0.25, 0.3) is 5.89 Å². The van der Waals surface area contributed by atoms with Crippen LogP contribution in [0.25, 0.3) is 22.4 Å². The Morgan fingerprint density at radius 1 is 1.06 bits per heavy atom. The minimum Gasteiger partial charge on any atom is -0.497 e. The highest BCUT2D eigenvalue weighted by molar-refractivity contribution is 5.86. The summed E-state index contributed by atoms with van der Waals surface area (Å²) in [7, 11) is 3.12. The van der Waals surface area contributed by atoms with Crippen molar-refractivity contribution >= 4 is 16.9 Å². The van der Waals surface area contributed by atoms with Crippen molar-refractivity contribution in [1.82, 2.24) is 10.1 Å². The lowest BCUT2D eigenvalue weighted by Gasteiger charge is -2.07. The standard InChI is InChI=1S/C23H22N2O6/c1-13-7-18-15(11-29-20(18)8-14(13)2)9-22(26)30-12-21-24-23(25-31-21)17-6-5-16(27-3)10-19(17)28-4/h5-8,10-11H,9,12H2,1-4H3. The quantitative estimate of drug-likeness (QED) is 0.404. The summed E-state index contributed by atoms with van der Waals surface area (Å²) < 4.78 is 26.7. The second kappa shape index (κ2) is 8.51. The largest absolute Gasteiger partial charge is 0.497 e. The van der Waals surface area contributed by atoms with E-state index in [1.165, 1.54) is 0 Å². The summed E-state index contributed by atoms with van der Waals surface area (Å²) in [5, 5.41) is 4.86. The maximum Gasteiger partial charge on any atom is 0.310 e. The number of esters is 1. The van der Waals surface area contributed by atoms with E-state index in [2.05, 4.69) is 10.1 Å². The Bertz CT molecular complexity index is 1240. The van der Waals surface area contributed by atoms with Gasteiger partial charge < -0.3 is 23.2 Å². The first-order chi connectivity index (χ1) is 15.0. The molecule has 0 fully saturated rings. The van der Waals surface area contributed by atoms with Crippen molar-refractivity contribution in [1.29, 1.82) is 0 Å². The van der Waals surface area contributed by atoms with Crippen molar-refractivity contribution in [2.75, 3.05) is 14.2 Å². The molecular weight excluding hydrogens is 400 g/mol. The molecule has 0 aliphatic heterocycles. The van der Waals surface area contributed by atoms with Crippen molar-refractivity contribution in [3.63, 3.8) is 0 Å². The van der Waals surface area contributed by atoms with Gasteiger partial charge in [-0.05, 0) is 49.2 Å². The highest BCUT2D eigenvalue weighted by atomic mass is 16.6. The molecule has 0 aliphatic rings. The van der Waals surface area contributed by atoms with Gasteiger partial charge in [-0.15, -0.1) is 0 Å². The van der Waals surface area contributed by atoms with E-state index in [4.69, 9.17) is 23.2 Å². The first kappa shape index (κ1) is 20.5. The van der Waals surface area contributed by atoms with Crippen LogP contribution < -0.4 is 9.47 Å². The van der Waals surface area contributed by atoms with Gasteiger partial charge in [-0.2, -0.15) is 4.98 Å². The summed E-state index contributed by atoms with van der Waals surface area (Å²) in [6.45, 7) is 3.92. The molecule has 0 bridgehead atoms. The van der Waals surface area contributed by atoms with Crippen molar-refractivity contribution < 1.29 is 27.9 Å². The number of fused-ring (bicyclic) bond motifs is 1. The molecular formula is C23H22N2O6. The fourth-order valence-corrected chi connectivity index (χ4v) is 3.23. The maximum absolute atomic E-state index is 12.3. The van der Waals surface area contributed by atoms with Gasteiger partial charge in [0.1, 0.15) is 17.1 Å². The number of rotatable bonds is 7. The number of methoxy groups -OCH3 is 2. The third kappa shape index (κ3) is 4.23. The number of hydrogen-bond acceptors (Lipinski definition) is 8. The molecule has 8 nitrogen and oxygen atoms in total. The van der Waals surface area contributed by atoms with Gasteiger partial charge in [-0.3, -0.25) is 4.79 Å². The average molecular weight is 422 g/mol. The van der Waals surface area contributed by atoms with Crippen LogP contribution in [0.15, 0.2) is 45.5 Å². The number of nitrogens with zero attached hydrogens (tertiary/aromatic N) is 2. The van der Waals surface area contributed by atoms with Crippen LogP contribution in [0.1, 0.15) is 22.6 Å². The van der Waals surface area contributed by atoms with Gasteiger partial charge in [-0.1, -0.05) is 5.16 Å². The topological polar surface area (TPSA) is 96.8 Å². The second-order valence-electron chi connectivity index (χ2n) is 7.11. The molecule has 4 aromatic rings. The zero-order valence-electron chi connectivity index (χ0n) is 17.7. The minimum absolute atomic E-state index is 0.0861. The van der Waals surface area contributed by atoms with Crippen LogP contribution in [0.5, 0.6) is 11.5 Å². The van der Waals surface area contributed by atoms with Crippen molar-refractivity contribution in [3.05, 3.63) is 59.2 Å². The fourth-order valence-electron chi connectivity index (χ4n) is 3.23. The van der Waals surface area contributed by atoms with Crippen LogP contribution in [0, 0.1) is 13.8 Å². The Hall–Kier alpha value is -3.81. The van der Waals surface area contributed by atoms with E-state index in [9.17, 15) is 4.79 Å². The fraction of sp³-hybridized carbons (Fsp3) is 0.261. The molecule has 0 saturated carbocycles. The SMILES string of the molecule is COc1ccc(-c2noc(COC(=O)Cc3coc4cc(C)c(C)cc34)n2)c(OC)c1. The van der Waals surface area contributed by atoms with Crippen molar-refractivity contribution in [2.24, 2.45) is 0 Å². The summed E-state index contributed by atoms with van der Waals surface area (Å²) in [6, 6.07) is 9.25. The molecule has 0 atom stereocenters. The third-order valence-corrected chi connectivity index (χ3v) is 5.08. The Labute approximate surface area is 178 Å². The van der Waals surface area contributed by atoms with Crippen LogP contribution >= 0.6 is 0 Å². The summed E-state index contributed by atoms with van der Waals surface area (Å²) in [4.78, 5) is 16.6. The number of hydrogen-bond donors (Lipinski definition) is 0. The van der Waals surface area contributed by atoms with Gasteiger partial charge in [0.2, 0.25) is 5.82 Å². The molecule has 4 rings (SSSR count). The van der Waals surface area contributed by atoms with Gasteiger partial charge in [0, 0.05) is 17.0 Å². The molecule has 0 N–H and O–H groups in total. The number of aryl methyl sites for hydroxylation is 2. The predicted molar refractivity (Wildman–Crippen MR) is 112 cm³/mol. The molecule has 0 saturated heterocycles. The lowest BCUT2D eigenvalue weighted by Crippen LogP contribution is -2.08. The monoisotopic (exact) mass is 422 g/mol. The Balaban J connectivity index is 1.42. The van der Waals surface area contributed by atoms with Crippen molar-refractivity contribution in [3.8, 4) is 22.9 Å². The van der Waals surface area contributed by atoms with E-state index < -0.39 is 5.97 Å². The molecule has 0 amide bonds. The minimum atomic E-state index is -0.414. The zero-order valence-corrected chi connectivity index (χ0v) is 17.7. The third-order valence-electron chi connectivity index (χ3n) is 5.08. The summed E-state index contributed by atoms with van der Waals surface area (Å²) >= 11 is 0. The van der Waals surface area contributed by atoms with E-state index in [1.54, 1.807) is 38.7 Å². The second-order valence-corrected chi connectivity index (χ2v) is 7.11. The number of benzene rings is 2. The van der Waals surface area contributed by atoms with E-state index >= 15 is 0 Å². The molecule has 0 spiro atoms. The number of aromatic nitrogens is 2. The Morgan fingerprint density at radius 3 is 2.65 bits per heavy atom. The Kier molecular flexibility index (Phi) is 5.62. The van der Waals surface area contributed by atoms with E-state index in [0.29, 0.717) is 22.9 Å². The zero-order chi connectivity index (χ0) is 22.0. The predicted octanol–water partition coefficient (Wildman–Crippen LogP) is 4.40. The Morgan fingerprint density at radius 2 is 1.87 bits per heavy atom. The first-order valence-electron chi connectivity index (χ1n) is 9.66. The van der Waals surface area contributed by atoms with Crippen LogP contribution in [0.4, 0.5) is 0 Å². The van der Waals surface area contributed by atoms with E-state index in [-0.39, 0.29) is 18.9 Å². The molecule has 8 heteroatoms. The molecule has 160 valence electrons. The van der Waals surface area contributed by atoms with Crippen LogP contribution in [0.3, 0.4) is 0 Å². The normalized spacial score (nSPS) is 11.0. The number of carbonyl (C=O) groups excluding carboxylic acids is 1. The number of ether oxygens (including phenoxy) is 3. The lowest BCUT2D eigenvalue weighted by atomic mass is 10.0. The van der Waals surface area contributed by atoms with Gasteiger partial charge in [-0.25, -0.2) is 0 Å². The summed E-state index contributed by atoms with van der Waals surface area (Å²) in [6.07, 6.45) is 1.67. The number of furan rings is 1. The highest BCUT2D eigenvalue weighted by Crippen LogP contribution is 2.31. The van der Waals surface area contributed by atoms with E-state index in [1.807, 2.05) is 26.0 Å². The van der Waals surface area contributed by atoms with Crippen LogP contribution in [0.2, 0.25) is 0 Å². The molecule has 0 radical (unpaired) electrons. The molecule has 2 aromatic heterocycles. The van der Waals surface area contributed by atoms with E-state index in [0.717, 1.165) is 27.7 Å². The van der Waals surface area contributed by atoms with Crippen LogP contribution in [-0.4, -0.2) is 30.3 Å². The smallest absolute Gasteiger partial charge is 0.310 e. The molecule has 2 aromatic carbocycles.